The maximum absolute atomic E-state index is 13.1. The van der Waals surface area contributed by atoms with E-state index in [1.165, 1.54) is 0 Å². The third kappa shape index (κ3) is 4.82. The SMILES string of the molecule is CCN(CC)c1ccc(C2C(C(=O)CC(C)C)=C(O)C(=O)N2Cc2ccccc2)cc1. The number of ketones is 1. The van der Waals surface area contributed by atoms with Gasteiger partial charge in [-0.15, -0.1) is 0 Å². The molecule has 0 saturated carbocycles. The molecule has 1 aliphatic rings. The first-order valence-electron chi connectivity index (χ1n) is 11.0. The van der Waals surface area contributed by atoms with E-state index in [9.17, 15) is 14.7 Å². The Morgan fingerprint density at radius 3 is 2.19 bits per heavy atom. The molecule has 1 atom stereocenters. The van der Waals surface area contributed by atoms with Gasteiger partial charge in [0.15, 0.2) is 11.5 Å². The molecule has 164 valence electrons. The van der Waals surface area contributed by atoms with Crippen LogP contribution in [0.15, 0.2) is 65.9 Å². The van der Waals surface area contributed by atoms with Crippen LogP contribution in [-0.2, 0) is 16.1 Å². The lowest BCUT2D eigenvalue weighted by Crippen LogP contribution is -2.31. The lowest BCUT2D eigenvalue weighted by atomic mass is 9.92. The van der Waals surface area contributed by atoms with Crippen molar-refractivity contribution in [3.63, 3.8) is 0 Å². The molecule has 0 spiro atoms. The topological polar surface area (TPSA) is 60.9 Å². The first-order valence-corrected chi connectivity index (χ1v) is 11.0. The molecule has 2 aromatic rings. The van der Waals surface area contributed by atoms with Gasteiger partial charge in [0.1, 0.15) is 0 Å². The quantitative estimate of drug-likeness (QED) is 0.617. The predicted octanol–water partition coefficient (Wildman–Crippen LogP) is 5.04. The lowest BCUT2D eigenvalue weighted by molar-refractivity contribution is -0.130. The predicted molar refractivity (Wildman–Crippen MR) is 124 cm³/mol. The zero-order valence-electron chi connectivity index (χ0n) is 18.8. The Morgan fingerprint density at radius 2 is 1.65 bits per heavy atom. The standard InChI is InChI=1S/C26H32N2O3/c1-5-27(6-2)21-14-12-20(13-15-21)24-23(22(29)16-18(3)4)25(30)26(31)28(24)17-19-10-8-7-9-11-19/h7-15,18,24,30H,5-6,16-17H2,1-4H3. The number of Topliss-reactive ketones (excluding diaryl/α,β-unsaturated/α-hetero) is 1. The molecular formula is C26H32N2O3. The number of carbonyl (C=O) groups is 2. The Morgan fingerprint density at radius 1 is 1.03 bits per heavy atom. The van der Waals surface area contributed by atoms with Gasteiger partial charge in [-0.05, 0) is 43.0 Å². The molecule has 31 heavy (non-hydrogen) atoms. The molecule has 1 unspecified atom stereocenters. The summed E-state index contributed by atoms with van der Waals surface area (Å²) in [4.78, 5) is 29.9. The van der Waals surface area contributed by atoms with E-state index < -0.39 is 17.7 Å². The molecular weight excluding hydrogens is 388 g/mol. The molecule has 0 aromatic heterocycles. The summed E-state index contributed by atoms with van der Waals surface area (Å²) in [6.07, 6.45) is 0.292. The van der Waals surface area contributed by atoms with Crippen LogP contribution in [-0.4, -0.2) is 34.8 Å². The van der Waals surface area contributed by atoms with Gasteiger partial charge in [-0.1, -0.05) is 56.3 Å². The van der Waals surface area contributed by atoms with Gasteiger partial charge in [-0.3, -0.25) is 9.59 Å². The van der Waals surface area contributed by atoms with Crippen molar-refractivity contribution >= 4 is 17.4 Å². The second-order valence-corrected chi connectivity index (χ2v) is 8.37. The van der Waals surface area contributed by atoms with Gasteiger partial charge >= 0.3 is 0 Å². The first kappa shape index (κ1) is 22.6. The fourth-order valence-electron chi connectivity index (χ4n) is 4.17. The third-order valence-corrected chi connectivity index (χ3v) is 5.73. The number of aliphatic hydroxyl groups excluding tert-OH is 1. The van der Waals surface area contributed by atoms with Gasteiger partial charge in [0, 0.05) is 31.7 Å². The van der Waals surface area contributed by atoms with Crippen molar-refractivity contribution in [3.8, 4) is 0 Å². The fraction of sp³-hybridized carbons (Fsp3) is 0.385. The minimum atomic E-state index is -0.593. The second-order valence-electron chi connectivity index (χ2n) is 8.37. The highest BCUT2D eigenvalue weighted by Crippen LogP contribution is 2.40. The number of amides is 1. The highest BCUT2D eigenvalue weighted by Gasteiger charge is 2.43. The summed E-state index contributed by atoms with van der Waals surface area (Å²) in [6, 6.07) is 17.0. The largest absolute Gasteiger partial charge is 0.503 e. The average Bonchev–Trinajstić information content (AvgIpc) is 3.00. The van der Waals surface area contributed by atoms with Gasteiger partial charge in [0.05, 0.1) is 11.6 Å². The van der Waals surface area contributed by atoms with Crippen molar-refractivity contribution in [2.75, 3.05) is 18.0 Å². The number of carbonyl (C=O) groups excluding carboxylic acids is 2. The molecule has 1 amide bonds. The van der Waals surface area contributed by atoms with Gasteiger partial charge < -0.3 is 14.9 Å². The van der Waals surface area contributed by atoms with E-state index in [4.69, 9.17) is 0 Å². The Bertz CT molecular complexity index is 944. The highest BCUT2D eigenvalue weighted by molar-refractivity contribution is 6.09. The van der Waals surface area contributed by atoms with Crippen molar-refractivity contribution in [3.05, 3.63) is 77.1 Å². The van der Waals surface area contributed by atoms with Crippen molar-refractivity contribution in [1.82, 2.24) is 4.90 Å². The number of rotatable bonds is 9. The maximum Gasteiger partial charge on any atom is 0.290 e. The molecule has 2 aromatic carbocycles. The minimum Gasteiger partial charge on any atom is -0.503 e. The van der Waals surface area contributed by atoms with E-state index in [-0.39, 0.29) is 17.3 Å². The maximum atomic E-state index is 13.1. The number of nitrogens with zero attached hydrogens (tertiary/aromatic N) is 2. The Labute approximate surface area is 185 Å². The molecule has 1 aliphatic heterocycles. The van der Waals surface area contributed by atoms with Gasteiger partial charge in [0.25, 0.3) is 5.91 Å². The van der Waals surface area contributed by atoms with E-state index >= 15 is 0 Å². The summed E-state index contributed by atoms with van der Waals surface area (Å²) in [7, 11) is 0. The van der Waals surface area contributed by atoms with Crippen LogP contribution in [0.1, 0.15) is 51.3 Å². The second kappa shape index (κ2) is 9.82. The smallest absolute Gasteiger partial charge is 0.290 e. The van der Waals surface area contributed by atoms with Gasteiger partial charge in [-0.2, -0.15) is 0 Å². The van der Waals surface area contributed by atoms with Crippen LogP contribution in [0, 0.1) is 5.92 Å². The molecule has 1 N–H and O–H groups in total. The molecule has 0 saturated heterocycles. The van der Waals surface area contributed by atoms with Crippen LogP contribution in [0.3, 0.4) is 0 Å². The number of hydrogen-bond donors (Lipinski definition) is 1. The normalized spacial score (nSPS) is 16.4. The number of aliphatic hydroxyl groups is 1. The van der Waals surface area contributed by atoms with Crippen molar-refractivity contribution in [1.29, 1.82) is 0 Å². The summed E-state index contributed by atoms with van der Waals surface area (Å²) < 4.78 is 0. The summed E-state index contributed by atoms with van der Waals surface area (Å²) >= 11 is 0. The van der Waals surface area contributed by atoms with Crippen molar-refractivity contribution in [2.45, 2.75) is 46.7 Å². The van der Waals surface area contributed by atoms with Gasteiger partial charge in [-0.25, -0.2) is 0 Å². The van der Waals surface area contributed by atoms with Crippen molar-refractivity contribution in [2.24, 2.45) is 5.92 Å². The summed E-state index contributed by atoms with van der Waals surface area (Å²) in [5, 5.41) is 10.7. The zero-order valence-corrected chi connectivity index (χ0v) is 18.8. The molecule has 5 heteroatoms. The first-order chi connectivity index (χ1) is 14.9. The Kier molecular flexibility index (Phi) is 7.16. The molecule has 5 nitrogen and oxygen atoms in total. The van der Waals surface area contributed by atoms with Gasteiger partial charge in [0.2, 0.25) is 0 Å². The van der Waals surface area contributed by atoms with E-state index in [1.807, 2.05) is 68.4 Å². The minimum absolute atomic E-state index is 0.136. The molecule has 0 radical (unpaired) electrons. The number of anilines is 1. The summed E-state index contributed by atoms with van der Waals surface area (Å²) in [6.45, 7) is 10.3. The monoisotopic (exact) mass is 420 g/mol. The average molecular weight is 421 g/mol. The van der Waals surface area contributed by atoms with Crippen LogP contribution < -0.4 is 4.90 Å². The molecule has 0 aliphatic carbocycles. The van der Waals surface area contributed by atoms with Crippen LogP contribution in [0.5, 0.6) is 0 Å². The van der Waals surface area contributed by atoms with E-state index in [1.54, 1.807) is 4.90 Å². The van der Waals surface area contributed by atoms with Crippen molar-refractivity contribution < 1.29 is 14.7 Å². The Balaban J connectivity index is 2.02. The highest BCUT2D eigenvalue weighted by atomic mass is 16.3. The van der Waals surface area contributed by atoms with E-state index in [0.29, 0.717) is 13.0 Å². The molecule has 1 heterocycles. The molecule has 3 rings (SSSR count). The van der Waals surface area contributed by atoms with E-state index in [0.717, 1.165) is 29.9 Å². The van der Waals surface area contributed by atoms with E-state index in [2.05, 4.69) is 18.7 Å². The lowest BCUT2D eigenvalue weighted by Gasteiger charge is -2.28. The third-order valence-electron chi connectivity index (χ3n) is 5.73. The van der Waals surface area contributed by atoms with Crippen LogP contribution in [0.4, 0.5) is 5.69 Å². The molecule has 0 bridgehead atoms. The fourth-order valence-corrected chi connectivity index (χ4v) is 4.17. The Hall–Kier alpha value is -3.08. The number of hydrogen-bond acceptors (Lipinski definition) is 4. The summed E-state index contributed by atoms with van der Waals surface area (Å²) in [5.74, 6) is -0.945. The van der Waals surface area contributed by atoms with Crippen LogP contribution >= 0.6 is 0 Å². The zero-order chi connectivity index (χ0) is 22.5. The van der Waals surface area contributed by atoms with Crippen LogP contribution in [0.25, 0.3) is 0 Å². The number of benzene rings is 2. The summed E-state index contributed by atoms with van der Waals surface area (Å²) in [5.41, 5.74) is 3.09. The van der Waals surface area contributed by atoms with Crippen LogP contribution in [0.2, 0.25) is 0 Å². The molecule has 0 fully saturated rings.